The first-order valence-electron chi connectivity index (χ1n) is 8.42. The number of benzene rings is 1. The molecule has 2 aromatic heterocycles. The number of hydrogen-bond acceptors (Lipinski definition) is 3. The number of hydrogen-bond donors (Lipinski definition) is 1. The first-order valence-corrected chi connectivity index (χ1v) is 9.61. The van der Waals surface area contributed by atoms with E-state index in [-0.39, 0.29) is 11.9 Å². The van der Waals surface area contributed by atoms with Gasteiger partial charge in [0.1, 0.15) is 5.15 Å². The van der Waals surface area contributed by atoms with E-state index < -0.39 is 0 Å². The molecule has 3 aromatic rings. The van der Waals surface area contributed by atoms with E-state index in [1.165, 1.54) is 30.6 Å². The zero-order valence-electron chi connectivity index (χ0n) is 13.5. The lowest BCUT2D eigenvalue weighted by Gasteiger charge is -2.29. The van der Waals surface area contributed by atoms with E-state index in [4.69, 9.17) is 11.6 Å². The summed E-state index contributed by atoms with van der Waals surface area (Å²) in [6.07, 6.45) is 4.73. The predicted molar refractivity (Wildman–Crippen MR) is 101 cm³/mol. The Morgan fingerprint density at radius 3 is 2.88 bits per heavy atom. The van der Waals surface area contributed by atoms with Gasteiger partial charge in [0, 0.05) is 21.5 Å². The van der Waals surface area contributed by atoms with Gasteiger partial charge in [0.25, 0.3) is 5.91 Å². The van der Waals surface area contributed by atoms with Crippen LogP contribution in [0, 0.1) is 5.92 Å². The molecule has 2 atom stereocenters. The number of rotatable bonds is 2. The van der Waals surface area contributed by atoms with Gasteiger partial charge in [-0.2, -0.15) is 0 Å². The summed E-state index contributed by atoms with van der Waals surface area (Å²) in [4.78, 5) is 17.9. The van der Waals surface area contributed by atoms with Crippen LogP contribution in [0.15, 0.2) is 30.3 Å². The van der Waals surface area contributed by atoms with Crippen LogP contribution in [0.2, 0.25) is 5.15 Å². The number of aromatic nitrogens is 1. The van der Waals surface area contributed by atoms with Gasteiger partial charge in [-0.25, -0.2) is 4.98 Å². The van der Waals surface area contributed by atoms with Gasteiger partial charge in [-0.1, -0.05) is 49.6 Å². The number of nitrogens with zero attached hydrogens (tertiary/aromatic N) is 1. The van der Waals surface area contributed by atoms with Crippen molar-refractivity contribution in [1.82, 2.24) is 10.3 Å². The van der Waals surface area contributed by atoms with Gasteiger partial charge in [0.05, 0.1) is 10.4 Å². The highest BCUT2D eigenvalue weighted by Gasteiger charge is 2.24. The fourth-order valence-electron chi connectivity index (χ4n) is 3.56. The second-order valence-electron chi connectivity index (χ2n) is 6.61. The first-order chi connectivity index (χ1) is 11.6. The second kappa shape index (κ2) is 6.34. The Labute approximate surface area is 150 Å². The van der Waals surface area contributed by atoms with Crippen LogP contribution in [-0.4, -0.2) is 16.9 Å². The third-order valence-electron chi connectivity index (χ3n) is 4.97. The van der Waals surface area contributed by atoms with Gasteiger partial charge in [-0.05, 0) is 30.9 Å². The molecule has 0 unspecified atom stereocenters. The Bertz CT molecular complexity index is 920. The zero-order chi connectivity index (χ0) is 16.7. The monoisotopic (exact) mass is 358 g/mol. The molecule has 1 aromatic carbocycles. The topological polar surface area (TPSA) is 42.0 Å². The van der Waals surface area contributed by atoms with Gasteiger partial charge in [-0.3, -0.25) is 4.79 Å². The highest BCUT2D eigenvalue weighted by Crippen LogP contribution is 2.36. The average Bonchev–Trinajstić information content (AvgIpc) is 3.03. The smallest absolute Gasteiger partial charge is 0.261 e. The number of halogens is 1. The van der Waals surface area contributed by atoms with Crippen molar-refractivity contribution in [2.45, 2.75) is 38.6 Å². The maximum atomic E-state index is 12.7. The lowest BCUT2D eigenvalue weighted by Crippen LogP contribution is -2.40. The van der Waals surface area contributed by atoms with E-state index in [1.807, 2.05) is 30.3 Å². The molecule has 0 saturated heterocycles. The standard InChI is InChI=1S/C19H19ClN2OS/c1-11-6-2-4-8-14(11)22-19(23)16-10-13-17(24-16)12-7-3-5-9-15(12)21-18(13)20/h3,5,7,9-11,14H,2,4,6,8H2,1H3,(H,22,23)/t11-,14-/m0/s1. The highest BCUT2D eigenvalue weighted by molar-refractivity contribution is 7.21. The molecular formula is C19H19ClN2OS. The maximum absolute atomic E-state index is 12.7. The number of nitrogens with one attached hydrogen (secondary N) is 1. The summed E-state index contributed by atoms with van der Waals surface area (Å²) >= 11 is 7.84. The predicted octanol–water partition coefficient (Wildman–Crippen LogP) is 5.41. The number of pyridine rings is 1. The Balaban J connectivity index is 1.70. The summed E-state index contributed by atoms with van der Waals surface area (Å²) in [5.74, 6) is 0.554. The molecule has 3 nitrogen and oxygen atoms in total. The minimum absolute atomic E-state index is 0.00935. The van der Waals surface area contributed by atoms with Crippen LogP contribution in [0.1, 0.15) is 42.3 Å². The molecule has 1 amide bonds. The average molecular weight is 359 g/mol. The SMILES string of the molecule is C[C@H]1CCCC[C@@H]1NC(=O)c1cc2c(Cl)nc3ccccc3c2s1. The van der Waals surface area contributed by atoms with Gasteiger partial charge in [0.15, 0.2) is 0 Å². The Hall–Kier alpha value is -1.65. The van der Waals surface area contributed by atoms with Crippen molar-refractivity contribution in [3.63, 3.8) is 0 Å². The largest absolute Gasteiger partial charge is 0.348 e. The number of amides is 1. The molecule has 4 rings (SSSR count). The summed E-state index contributed by atoms with van der Waals surface area (Å²) in [5, 5.41) is 5.60. The third kappa shape index (κ3) is 2.78. The molecule has 124 valence electrons. The molecule has 0 radical (unpaired) electrons. The highest BCUT2D eigenvalue weighted by atomic mass is 35.5. The normalized spacial score (nSPS) is 21.2. The summed E-state index contributed by atoms with van der Waals surface area (Å²) < 4.78 is 1.03. The Morgan fingerprint density at radius 2 is 2.04 bits per heavy atom. The van der Waals surface area contributed by atoms with Crippen LogP contribution in [0.4, 0.5) is 0 Å². The van der Waals surface area contributed by atoms with Crippen molar-refractivity contribution in [1.29, 1.82) is 0 Å². The molecule has 1 fully saturated rings. The molecule has 0 bridgehead atoms. The van der Waals surface area contributed by atoms with Crippen LogP contribution in [0.3, 0.4) is 0 Å². The van der Waals surface area contributed by atoms with Crippen molar-refractivity contribution < 1.29 is 4.79 Å². The molecule has 2 heterocycles. The van der Waals surface area contributed by atoms with Crippen molar-refractivity contribution in [2.75, 3.05) is 0 Å². The molecule has 1 N–H and O–H groups in total. The second-order valence-corrected chi connectivity index (χ2v) is 8.03. The molecule has 5 heteroatoms. The van der Waals surface area contributed by atoms with Crippen LogP contribution >= 0.6 is 22.9 Å². The van der Waals surface area contributed by atoms with Gasteiger partial charge >= 0.3 is 0 Å². The number of fused-ring (bicyclic) bond motifs is 3. The third-order valence-corrected chi connectivity index (χ3v) is 6.43. The molecular weight excluding hydrogens is 340 g/mol. The van der Waals surface area contributed by atoms with Gasteiger partial charge in [-0.15, -0.1) is 11.3 Å². The lowest BCUT2D eigenvalue weighted by molar-refractivity contribution is 0.0914. The summed E-state index contributed by atoms with van der Waals surface area (Å²) in [5.41, 5.74) is 0.865. The van der Waals surface area contributed by atoms with E-state index >= 15 is 0 Å². The van der Waals surface area contributed by atoms with E-state index in [9.17, 15) is 4.79 Å². The quantitative estimate of drug-likeness (QED) is 0.622. The number of carbonyl (C=O) groups is 1. The first kappa shape index (κ1) is 15.9. The molecule has 0 spiro atoms. The molecule has 24 heavy (non-hydrogen) atoms. The summed E-state index contributed by atoms with van der Waals surface area (Å²) in [6.45, 7) is 2.23. The lowest BCUT2D eigenvalue weighted by atomic mass is 9.86. The van der Waals surface area contributed by atoms with E-state index in [0.29, 0.717) is 15.9 Å². The molecule has 1 aliphatic carbocycles. The van der Waals surface area contributed by atoms with E-state index in [1.54, 1.807) is 0 Å². The summed E-state index contributed by atoms with van der Waals surface area (Å²) in [6, 6.07) is 10.1. The van der Waals surface area contributed by atoms with Crippen molar-refractivity contribution in [2.24, 2.45) is 5.92 Å². The Morgan fingerprint density at radius 1 is 1.25 bits per heavy atom. The molecule has 1 aliphatic rings. The maximum Gasteiger partial charge on any atom is 0.261 e. The van der Waals surface area contributed by atoms with Crippen LogP contribution < -0.4 is 5.32 Å². The fraction of sp³-hybridized carbons (Fsp3) is 0.368. The van der Waals surface area contributed by atoms with Crippen molar-refractivity contribution in [3.8, 4) is 0 Å². The van der Waals surface area contributed by atoms with Crippen molar-refractivity contribution >= 4 is 49.8 Å². The number of thiophene rings is 1. The Kier molecular flexibility index (Phi) is 4.19. The number of para-hydroxylation sites is 1. The van der Waals surface area contributed by atoms with Gasteiger partial charge in [0.2, 0.25) is 0 Å². The van der Waals surface area contributed by atoms with Crippen molar-refractivity contribution in [3.05, 3.63) is 40.4 Å². The molecule has 0 aliphatic heterocycles. The van der Waals surface area contributed by atoms with E-state index in [2.05, 4.69) is 17.2 Å². The van der Waals surface area contributed by atoms with Crippen LogP contribution in [-0.2, 0) is 0 Å². The minimum Gasteiger partial charge on any atom is -0.348 e. The van der Waals surface area contributed by atoms with Crippen LogP contribution in [0.5, 0.6) is 0 Å². The van der Waals surface area contributed by atoms with Crippen LogP contribution in [0.25, 0.3) is 21.0 Å². The van der Waals surface area contributed by atoms with Gasteiger partial charge < -0.3 is 5.32 Å². The number of carbonyl (C=O) groups excluding carboxylic acids is 1. The zero-order valence-corrected chi connectivity index (χ0v) is 15.1. The summed E-state index contributed by atoms with van der Waals surface area (Å²) in [7, 11) is 0. The fourth-order valence-corrected chi connectivity index (χ4v) is 4.95. The minimum atomic E-state index is 0.00935. The van der Waals surface area contributed by atoms with E-state index in [0.717, 1.165) is 27.4 Å². The molecule has 1 saturated carbocycles.